The zero-order valence-corrected chi connectivity index (χ0v) is 19.6. The summed E-state index contributed by atoms with van der Waals surface area (Å²) < 4.78 is 0. The highest BCUT2D eigenvalue weighted by molar-refractivity contribution is 7.14. The molecule has 0 spiro atoms. The molecule has 1 aliphatic carbocycles. The van der Waals surface area contributed by atoms with Gasteiger partial charge in [-0.15, -0.1) is 22.7 Å². The second kappa shape index (κ2) is 10.1. The molecule has 5 rings (SSSR count). The van der Waals surface area contributed by atoms with Crippen LogP contribution >= 0.6 is 22.7 Å². The van der Waals surface area contributed by atoms with Gasteiger partial charge in [-0.05, 0) is 37.1 Å². The largest absolute Gasteiger partial charge is 0.352 e. The maximum Gasteiger partial charge on any atom is 0.234 e. The predicted octanol–water partition coefficient (Wildman–Crippen LogP) is 4.26. The van der Waals surface area contributed by atoms with Gasteiger partial charge in [0.25, 0.3) is 0 Å². The van der Waals surface area contributed by atoms with Crippen LogP contribution in [0.2, 0.25) is 0 Å². The summed E-state index contributed by atoms with van der Waals surface area (Å²) in [5.74, 6) is 0.817. The lowest BCUT2D eigenvalue weighted by Gasteiger charge is -2.32. The van der Waals surface area contributed by atoms with Gasteiger partial charge < -0.3 is 10.6 Å². The van der Waals surface area contributed by atoms with E-state index >= 15 is 0 Å². The van der Waals surface area contributed by atoms with E-state index in [2.05, 4.69) is 36.9 Å². The van der Waals surface area contributed by atoms with E-state index in [4.69, 9.17) is 4.98 Å². The van der Waals surface area contributed by atoms with E-state index in [0.717, 1.165) is 59.9 Å². The summed E-state index contributed by atoms with van der Waals surface area (Å²) >= 11 is 3.27. The van der Waals surface area contributed by atoms with Crippen molar-refractivity contribution in [2.24, 2.45) is 0 Å². The normalized spacial score (nSPS) is 18.1. The zero-order chi connectivity index (χ0) is 21.8. The molecule has 0 aromatic carbocycles. The number of hydrogen-bond donors (Lipinski definition) is 2. The number of nitrogens with one attached hydrogen (secondary N) is 2. The highest BCUT2D eigenvalue weighted by Crippen LogP contribution is 2.34. The second-order valence-corrected chi connectivity index (χ2v) is 10.4. The number of thiazole rings is 1. The van der Waals surface area contributed by atoms with Crippen LogP contribution in [0.15, 0.2) is 35.3 Å². The predicted molar refractivity (Wildman–Crippen MR) is 130 cm³/mol. The summed E-state index contributed by atoms with van der Waals surface area (Å²) in [6.07, 6.45) is 10.4. The second-order valence-electron chi connectivity index (χ2n) is 8.51. The third kappa shape index (κ3) is 5.16. The summed E-state index contributed by atoms with van der Waals surface area (Å²) in [5.41, 5.74) is 1.89. The van der Waals surface area contributed by atoms with Gasteiger partial charge in [0.05, 0.1) is 6.54 Å². The third-order valence-corrected chi connectivity index (χ3v) is 7.90. The molecule has 0 unspecified atom stereocenters. The Labute approximate surface area is 196 Å². The van der Waals surface area contributed by atoms with Gasteiger partial charge in [0.2, 0.25) is 11.9 Å². The first kappa shape index (κ1) is 21.5. The highest BCUT2D eigenvalue weighted by atomic mass is 32.1. The highest BCUT2D eigenvalue weighted by Gasteiger charge is 2.24. The zero-order valence-electron chi connectivity index (χ0n) is 18.0. The number of amides is 1. The Bertz CT molecular complexity index is 1010. The molecule has 7 nitrogen and oxygen atoms in total. The molecule has 2 fully saturated rings. The van der Waals surface area contributed by atoms with Crippen LogP contribution in [0.3, 0.4) is 0 Å². The molecule has 0 bridgehead atoms. The van der Waals surface area contributed by atoms with Crippen molar-refractivity contribution in [3.8, 4) is 21.1 Å². The van der Waals surface area contributed by atoms with E-state index in [-0.39, 0.29) is 5.91 Å². The molecule has 32 heavy (non-hydrogen) atoms. The minimum atomic E-state index is 0.170. The lowest BCUT2D eigenvalue weighted by Crippen LogP contribution is -2.46. The summed E-state index contributed by atoms with van der Waals surface area (Å²) in [6.45, 7) is 2.31. The Kier molecular flexibility index (Phi) is 6.75. The van der Waals surface area contributed by atoms with Crippen LogP contribution in [0.5, 0.6) is 0 Å². The topological polar surface area (TPSA) is 83.0 Å². The molecule has 168 valence electrons. The molecule has 4 heterocycles. The van der Waals surface area contributed by atoms with Crippen molar-refractivity contribution in [2.75, 3.05) is 25.0 Å². The van der Waals surface area contributed by atoms with Gasteiger partial charge >= 0.3 is 0 Å². The number of carbonyl (C=O) groups excluding carboxylic acids is 1. The van der Waals surface area contributed by atoms with Crippen molar-refractivity contribution in [3.63, 3.8) is 0 Å². The number of hydrogen-bond acceptors (Lipinski definition) is 8. The lowest BCUT2D eigenvalue weighted by molar-refractivity contribution is -0.123. The van der Waals surface area contributed by atoms with Gasteiger partial charge in [-0.2, -0.15) is 0 Å². The molecule has 1 saturated carbocycles. The summed E-state index contributed by atoms with van der Waals surface area (Å²) in [5, 5.41) is 11.7. The first-order valence-corrected chi connectivity index (χ1v) is 13.1. The number of thiophene rings is 1. The first-order valence-electron chi connectivity index (χ1n) is 11.3. The van der Waals surface area contributed by atoms with Gasteiger partial charge in [0, 0.05) is 53.4 Å². The number of likely N-dealkylation sites (tertiary alicyclic amines) is 1. The fraction of sp³-hybridized carbons (Fsp3) is 0.478. The van der Waals surface area contributed by atoms with Gasteiger partial charge in [0.1, 0.15) is 10.7 Å². The van der Waals surface area contributed by atoms with Crippen molar-refractivity contribution < 1.29 is 4.79 Å². The number of piperidine rings is 1. The lowest BCUT2D eigenvalue weighted by atomic mass is 10.1. The summed E-state index contributed by atoms with van der Waals surface area (Å²) in [7, 11) is 0. The van der Waals surface area contributed by atoms with Crippen LogP contribution in [0.4, 0.5) is 5.95 Å². The molecule has 0 atom stereocenters. The maximum atomic E-state index is 12.3. The number of nitrogens with zero attached hydrogens (tertiary/aromatic N) is 4. The van der Waals surface area contributed by atoms with Crippen molar-refractivity contribution in [3.05, 3.63) is 35.3 Å². The van der Waals surface area contributed by atoms with E-state index in [1.807, 2.05) is 23.8 Å². The van der Waals surface area contributed by atoms with Crippen molar-refractivity contribution in [1.29, 1.82) is 0 Å². The molecule has 0 radical (unpaired) electrons. The van der Waals surface area contributed by atoms with Crippen LogP contribution in [0.1, 0.15) is 38.5 Å². The maximum absolute atomic E-state index is 12.3. The SMILES string of the molecule is O=C(CN1CCC(Nc2ncc(-c3cccs3)c(-c3nccs3)n2)CC1)NC1CCCC1. The quantitative estimate of drug-likeness (QED) is 0.539. The first-order chi connectivity index (χ1) is 15.7. The monoisotopic (exact) mass is 468 g/mol. The van der Waals surface area contributed by atoms with Gasteiger partial charge in [-0.25, -0.2) is 15.0 Å². The fourth-order valence-electron chi connectivity index (χ4n) is 4.53. The smallest absolute Gasteiger partial charge is 0.234 e. The standard InChI is InChI=1S/C23H28N6OS2/c30-20(26-16-4-1-2-5-16)15-29-10-7-17(8-11-29)27-23-25-14-18(19-6-3-12-31-19)21(28-23)22-24-9-13-32-22/h3,6,9,12-14,16-17H,1-2,4-5,7-8,10-11,15H2,(H,26,30)(H,25,27,28). The van der Waals surface area contributed by atoms with E-state index in [9.17, 15) is 4.79 Å². The van der Waals surface area contributed by atoms with Crippen molar-refractivity contribution >= 4 is 34.5 Å². The minimum absolute atomic E-state index is 0.170. The van der Waals surface area contributed by atoms with Crippen LogP contribution in [0.25, 0.3) is 21.1 Å². The van der Waals surface area contributed by atoms with Gasteiger partial charge in [0.15, 0.2) is 0 Å². The molecule has 1 aliphatic heterocycles. The molecule has 2 N–H and O–H groups in total. The average Bonchev–Trinajstić information content (AvgIpc) is 3.58. The molecule has 9 heteroatoms. The average molecular weight is 469 g/mol. The Balaban J connectivity index is 1.19. The summed E-state index contributed by atoms with van der Waals surface area (Å²) in [6, 6.07) is 4.83. The van der Waals surface area contributed by atoms with E-state index in [1.54, 1.807) is 22.7 Å². The number of carbonyl (C=O) groups is 1. The van der Waals surface area contributed by atoms with E-state index in [1.165, 1.54) is 12.8 Å². The van der Waals surface area contributed by atoms with Crippen LogP contribution in [-0.2, 0) is 4.79 Å². The van der Waals surface area contributed by atoms with E-state index in [0.29, 0.717) is 24.6 Å². The Morgan fingerprint density at radius 1 is 1.06 bits per heavy atom. The third-order valence-electron chi connectivity index (χ3n) is 6.22. The van der Waals surface area contributed by atoms with Crippen molar-refractivity contribution in [1.82, 2.24) is 25.2 Å². The Morgan fingerprint density at radius 3 is 2.62 bits per heavy atom. The Hall–Kier alpha value is -2.36. The Morgan fingerprint density at radius 2 is 1.91 bits per heavy atom. The minimum Gasteiger partial charge on any atom is -0.352 e. The number of aromatic nitrogens is 3. The molecular weight excluding hydrogens is 440 g/mol. The van der Waals surface area contributed by atoms with Crippen LogP contribution in [0, 0.1) is 0 Å². The summed E-state index contributed by atoms with van der Waals surface area (Å²) in [4.78, 5) is 29.7. The number of anilines is 1. The molecule has 1 amide bonds. The molecular formula is C23H28N6OS2. The van der Waals surface area contributed by atoms with Gasteiger partial charge in [-0.3, -0.25) is 9.69 Å². The molecule has 3 aromatic rings. The molecule has 1 saturated heterocycles. The van der Waals surface area contributed by atoms with Crippen molar-refractivity contribution in [2.45, 2.75) is 50.6 Å². The molecule has 3 aromatic heterocycles. The fourth-order valence-corrected chi connectivity index (χ4v) is 5.91. The van der Waals surface area contributed by atoms with Crippen LogP contribution < -0.4 is 10.6 Å². The number of rotatable bonds is 7. The van der Waals surface area contributed by atoms with Crippen LogP contribution in [-0.4, -0.2) is 57.5 Å². The van der Waals surface area contributed by atoms with E-state index < -0.39 is 0 Å². The molecule has 2 aliphatic rings. The van der Waals surface area contributed by atoms with Gasteiger partial charge in [-0.1, -0.05) is 18.9 Å².